The first-order valence-corrected chi connectivity index (χ1v) is 7.51. The molecule has 0 aromatic heterocycles. The molecule has 110 valence electrons. The van der Waals surface area contributed by atoms with Gasteiger partial charge in [0.15, 0.2) is 0 Å². The zero-order valence-electron chi connectivity index (χ0n) is 11.8. The van der Waals surface area contributed by atoms with Crippen LogP contribution in [0.5, 0.6) is 5.75 Å². The molecule has 0 bridgehead atoms. The number of hydrogen-bond acceptors (Lipinski definition) is 4. The first-order chi connectivity index (χ1) is 10.6. The van der Waals surface area contributed by atoms with E-state index in [1.807, 2.05) is 19.1 Å². The maximum absolute atomic E-state index is 12.5. The number of carbonyl (C=O) groups excluding carboxylic acids is 2. The highest BCUT2D eigenvalue weighted by molar-refractivity contribution is 8.19. The molecule has 0 radical (unpaired) electrons. The fourth-order valence-corrected chi connectivity index (χ4v) is 3.07. The molecule has 2 amide bonds. The topological polar surface area (TPSA) is 57.6 Å². The Labute approximate surface area is 132 Å². The highest BCUT2D eigenvalue weighted by Crippen LogP contribution is 2.37. The largest absolute Gasteiger partial charge is 0.507 e. The Morgan fingerprint density at radius 1 is 1.05 bits per heavy atom. The summed E-state index contributed by atoms with van der Waals surface area (Å²) in [6.07, 6.45) is 1.54. The van der Waals surface area contributed by atoms with Crippen LogP contribution in [0.2, 0.25) is 0 Å². The van der Waals surface area contributed by atoms with E-state index in [9.17, 15) is 14.7 Å². The number of phenolic OH excluding ortho intramolecular Hbond substituents is 1. The number of nitrogens with zero attached hydrogens (tertiary/aromatic N) is 1. The van der Waals surface area contributed by atoms with Gasteiger partial charge in [-0.05, 0) is 42.5 Å². The summed E-state index contributed by atoms with van der Waals surface area (Å²) in [6.45, 7) is 1.85. The van der Waals surface area contributed by atoms with Crippen LogP contribution in [0.1, 0.15) is 11.1 Å². The van der Waals surface area contributed by atoms with E-state index in [0.29, 0.717) is 16.2 Å². The van der Waals surface area contributed by atoms with Crippen molar-refractivity contribution in [2.75, 3.05) is 4.90 Å². The fraction of sp³-hybridized carbons (Fsp3) is 0.0588. The molecular weight excluding hydrogens is 298 g/mol. The molecule has 1 N–H and O–H groups in total. The van der Waals surface area contributed by atoms with E-state index in [-0.39, 0.29) is 16.9 Å². The summed E-state index contributed by atoms with van der Waals surface area (Å²) in [4.78, 5) is 26.2. The SMILES string of the molecule is Cc1ccccc1N1C(=O)S/C(=C\c2ccccc2O)C1=O. The van der Waals surface area contributed by atoms with Crippen molar-refractivity contribution in [1.29, 1.82) is 0 Å². The Hall–Kier alpha value is -2.53. The minimum Gasteiger partial charge on any atom is -0.507 e. The van der Waals surface area contributed by atoms with E-state index >= 15 is 0 Å². The van der Waals surface area contributed by atoms with Gasteiger partial charge in [0.2, 0.25) is 0 Å². The van der Waals surface area contributed by atoms with Gasteiger partial charge in [-0.1, -0.05) is 36.4 Å². The average molecular weight is 311 g/mol. The van der Waals surface area contributed by atoms with Gasteiger partial charge in [0.05, 0.1) is 10.6 Å². The van der Waals surface area contributed by atoms with E-state index in [1.54, 1.807) is 36.4 Å². The smallest absolute Gasteiger partial charge is 0.298 e. The normalized spacial score (nSPS) is 16.6. The lowest BCUT2D eigenvalue weighted by Gasteiger charge is -2.14. The quantitative estimate of drug-likeness (QED) is 0.853. The van der Waals surface area contributed by atoms with Crippen LogP contribution in [0, 0.1) is 6.92 Å². The highest BCUT2D eigenvalue weighted by atomic mass is 32.2. The summed E-state index contributed by atoms with van der Waals surface area (Å²) in [5, 5.41) is 9.45. The number of rotatable bonds is 2. The zero-order valence-corrected chi connectivity index (χ0v) is 12.6. The summed E-state index contributed by atoms with van der Waals surface area (Å²) in [6, 6.07) is 13.9. The van der Waals surface area contributed by atoms with Gasteiger partial charge in [-0.15, -0.1) is 0 Å². The number of hydrogen-bond donors (Lipinski definition) is 1. The predicted molar refractivity (Wildman–Crippen MR) is 87.7 cm³/mol. The minimum atomic E-state index is -0.368. The second kappa shape index (κ2) is 5.69. The number of carbonyl (C=O) groups is 2. The average Bonchev–Trinajstić information content (AvgIpc) is 2.77. The maximum atomic E-state index is 12.5. The molecule has 1 saturated heterocycles. The molecule has 1 heterocycles. The van der Waals surface area contributed by atoms with Gasteiger partial charge in [-0.2, -0.15) is 0 Å². The molecule has 1 aliphatic rings. The molecule has 3 rings (SSSR count). The first-order valence-electron chi connectivity index (χ1n) is 6.69. The molecular formula is C17H13NO3S. The number of para-hydroxylation sites is 2. The van der Waals surface area contributed by atoms with Gasteiger partial charge in [0, 0.05) is 5.56 Å². The van der Waals surface area contributed by atoms with E-state index < -0.39 is 0 Å². The van der Waals surface area contributed by atoms with Crippen molar-refractivity contribution in [3.63, 3.8) is 0 Å². The van der Waals surface area contributed by atoms with E-state index in [0.717, 1.165) is 17.3 Å². The van der Waals surface area contributed by atoms with Gasteiger partial charge in [0.1, 0.15) is 5.75 Å². The summed E-state index contributed by atoms with van der Waals surface area (Å²) >= 11 is 0.876. The maximum Gasteiger partial charge on any atom is 0.298 e. The van der Waals surface area contributed by atoms with Crippen molar-refractivity contribution >= 4 is 34.7 Å². The van der Waals surface area contributed by atoms with Crippen LogP contribution >= 0.6 is 11.8 Å². The van der Waals surface area contributed by atoms with Crippen LogP contribution in [-0.4, -0.2) is 16.3 Å². The van der Waals surface area contributed by atoms with Crippen LogP contribution in [-0.2, 0) is 4.79 Å². The number of anilines is 1. The molecule has 2 aromatic carbocycles. The molecule has 1 aliphatic heterocycles. The van der Waals surface area contributed by atoms with Crippen molar-refractivity contribution in [3.8, 4) is 5.75 Å². The number of thioether (sulfide) groups is 1. The number of aryl methyl sites for hydroxylation is 1. The lowest BCUT2D eigenvalue weighted by Crippen LogP contribution is -2.28. The summed E-state index contributed by atoms with van der Waals surface area (Å²) in [7, 11) is 0. The predicted octanol–water partition coefficient (Wildman–Crippen LogP) is 3.94. The Morgan fingerprint density at radius 3 is 2.45 bits per heavy atom. The Balaban J connectivity index is 1.99. The molecule has 5 heteroatoms. The Kier molecular flexibility index (Phi) is 3.73. The van der Waals surface area contributed by atoms with E-state index in [4.69, 9.17) is 0 Å². The number of benzene rings is 2. The van der Waals surface area contributed by atoms with Crippen molar-refractivity contribution in [1.82, 2.24) is 0 Å². The van der Waals surface area contributed by atoms with Crippen molar-refractivity contribution in [2.45, 2.75) is 6.92 Å². The van der Waals surface area contributed by atoms with Gasteiger partial charge < -0.3 is 5.11 Å². The first kappa shape index (κ1) is 14.4. The summed E-state index contributed by atoms with van der Waals surface area (Å²) in [5.74, 6) is -0.294. The second-order valence-electron chi connectivity index (χ2n) is 4.86. The number of phenols is 1. The molecule has 0 aliphatic carbocycles. The van der Waals surface area contributed by atoms with Crippen LogP contribution in [0.4, 0.5) is 10.5 Å². The number of imide groups is 1. The van der Waals surface area contributed by atoms with Crippen LogP contribution in [0.3, 0.4) is 0 Å². The van der Waals surface area contributed by atoms with Gasteiger partial charge >= 0.3 is 0 Å². The molecule has 0 spiro atoms. The lowest BCUT2D eigenvalue weighted by molar-refractivity contribution is -0.113. The molecule has 1 fully saturated rings. The third-order valence-corrected chi connectivity index (χ3v) is 4.24. The van der Waals surface area contributed by atoms with Crippen LogP contribution in [0.25, 0.3) is 6.08 Å². The van der Waals surface area contributed by atoms with Crippen LogP contribution < -0.4 is 4.90 Å². The van der Waals surface area contributed by atoms with Crippen molar-refractivity contribution < 1.29 is 14.7 Å². The lowest BCUT2D eigenvalue weighted by atomic mass is 10.1. The molecule has 22 heavy (non-hydrogen) atoms. The fourth-order valence-electron chi connectivity index (χ4n) is 2.24. The molecule has 0 unspecified atom stereocenters. The van der Waals surface area contributed by atoms with Gasteiger partial charge in [-0.25, -0.2) is 4.90 Å². The Morgan fingerprint density at radius 2 is 1.73 bits per heavy atom. The zero-order chi connectivity index (χ0) is 15.7. The molecule has 0 saturated carbocycles. The number of amides is 2. The van der Waals surface area contributed by atoms with Crippen molar-refractivity contribution in [2.24, 2.45) is 0 Å². The van der Waals surface area contributed by atoms with E-state index in [1.165, 1.54) is 11.0 Å². The third-order valence-electron chi connectivity index (χ3n) is 3.37. The monoisotopic (exact) mass is 311 g/mol. The highest BCUT2D eigenvalue weighted by Gasteiger charge is 2.36. The van der Waals surface area contributed by atoms with Crippen molar-refractivity contribution in [3.05, 3.63) is 64.6 Å². The van der Waals surface area contributed by atoms with Crippen LogP contribution in [0.15, 0.2) is 53.4 Å². The molecule has 0 atom stereocenters. The van der Waals surface area contributed by atoms with Gasteiger partial charge in [-0.3, -0.25) is 9.59 Å². The van der Waals surface area contributed by atoms with E-state index in [2.05, 4.69) is 0 Å². The summed E-state index contributed by atoms with van der Waals surface area (Å²) in [5.41, 5.74) is 1.96. The third kappa shape index (κ3) is 2.51. The second-order valence-corrected chi connectivity index (χ2v) is 5.86. The number of aromatic hydroxyl groups is 1. The summed E-state index contributed by atoms with van der Waals surface area (Å²) < 4.78 is 0. The minimum absolute atomic E-state index is 0.0743. The molecule has 2 aromatic rings. The molecule has 4 nitrogen and oxygen atoms in total. The van der Waals surface area contributed by atoms with Gasteiger partial charge in [0.25, 0.3) is 11.1 Å². The standard InChI is InChI=1S/C17H13NO3S/c1-11-6-2-4-8-13(11)18-16(20)15(22-17(18)21)10-12-7-3-5-9-14(12)19/h2-10,19H,1H3/b15-10-. The Bertz CT molecular complexity index is 798.